The highest BCUT2D eigenvalue weighted by Gasteiger charge is 2.26. The Bertz CT molecular complexity index is 541. The lowest BCUT2D eigenvalue weighted by atomic mass is 10.1. The number of anilines is 1. The van der Waals surface area contributed by atoms with Crippen LogP contribution < -0.4 is 10.2 Å². The molecule has 7 nitrogen and oxygen atoms in total. The number of carbonyl (C=O) groups excluding carboxylic acids is 2. The van der Waals surface area contributed by atoms with Gasteiger partial charge in [0, 0.05) is 43.8 Å². The van der Waals surface area contributed by atoms with Gasteiger partial charge in [0.1, 0.15) is 6.54 Å². The fourth-order valence-electron chi connectivity index (χ4n) is 2.75. The smallest absolute Gasteiger partial charge is 0.282 e. The van der Waals surface area contributed by atoms with E-state index < -0.39 is 0 Å². The minimum Gasteiger partial charge on any atom is -0.350 e. The molecule has 1 aromatic heterocycles. The second-order valence-electron chi connectivity index (χ2n) is 5.44. The van der Waals surface area contributed by atoms with Gasteiger partial charge in [-0.05, 0) is 18.9 Å². The van der Waals surface area contributed by atoms with Gasteiger partial charge < -0.3 is 15.1 Å². The van der Waals surface area contributed by atoms with Crippen LogP contribution in [0.1, 0.15) is 12.8 Å². The lowest BCUT2D eigenvalue weighted by Gasteiger charge is -2.33. The Kier molecular flexibility index (Phi) is 4.77. The van der Waals surface area contributed by atoms with Gasteiger partial charge in [0.2, 0.25) is 11.9 Å². The minimum atomic E-state index is -0.0864. The number of rotatable bonds is 4. The molecular weight excluding hydrogens is 302 g/mol. The number of piperidine rings is 1. The molecule has 22 heavy (non-hydrogen) atoms. The van der Waals surface area contributed by atoms with Crippen molar-refractivity contribution in [2.75, 3.05) is 36.8 Å². The Labute approximate surface area is 133 Å². The summed E-state index contributed by atoms with van der Waals surface area (Å²) in [6.45, 7) is 2.42. The highest BCUT2D eigenvalue weighted by atomic mass is 32.2. The number of thioether (sulfide) groups is 1. The quantitative estimate of drug-likeness (QED) is 0.881. The Morgan fingerprint density at radius 2 is 2.18 bits per heavy atom. The van der Waals surface area contributed by atoms with Crippen molar-refractivity contribution in [1.29, 1.82) is 0 Å². The number of aromatic nitrogens is 2. The number of hydrogen-bond donors (Lipinski definition) is 1. The fourth-order valence-corrected chi connectivity index (χ4v) is 3.57. The molecule has 0 aromatic carbocycles. The van der Waals surface area contributed by atoms with Crippen molar-refractivity contribution in [1.82, 2.24) is 20.2 Å². The summed E-state index contributed by atoms with van der Waals surface area (Å²) in [5.41, 5.74) is 0. The molecule has 1 aromatic rings. The largest absolute Gasteiger partial charge is 0.350 e. The second-order valence-corrected chi connectivity index (χ2v) is 6.48. The van der Waals surface area contributed by atoms with Gasteiger partial charge in [0.05, 0.1) is 0 Å². The van der Waals surface area contributed by atoms with Crippen LogP contribution >= 0.6 is 11.8 Å². The van der Waals surface area contributed by atoms with Crippen molar-refractivity contribution in [3.63, 3.8) is 0 Å². The van der Waals surface area contributed by atoms with Gasteiger partial charge in [0.25, 0.3) is 5.24 Å². The van der Waals surface area contributed by atoms with Crippen molar-refractivity contribution in [3.8, 4) is 0 Å². The van der Waals surface area contributed by atoms with Crippen LogP contribution in [-0.2, 0) is 4.79 Å². The normalized spacial score (nSPS) is 22.0. The number of hydrogen-bond acceptors (Lipinski definition) is 6. The maximum Gasteiger partial charge on any atom is 0.282 e. The molecule has 0 aliphatic carbocycles. The lowest BCUT2D eigenvalue weighted by molar-refractivity contribution is -0.122. The van der Waals surface area contributed by atoms with E-state index in [-0.39, 0.29) is 23.7 Å². The number of amides is 2. The summed E-state index contributed by atoms with van der Waals surface area (Å²) in [7, 11) is 0. The van der Waals surface area contributed by atoms with Crippen molar-refractivity contribution >= 4 is 28.9 Å². The molecule has 1 unspecified atom stereocenters. The van der Waals surface area contributed by atoms with Gasteiger partial charge >= 0.3 is 0 Å². The van der Waals surface area contributed by atoms with Crippen molar-refractivity contribution in [2.24, 2.45) is 0 Å². The molecule has 1 N–H and O–H groups in total. The Morgan fingerprint density at radius 1 is 1.36 bits per heavy atom. The van der Waals surface area contributed by atoms with Crippen LogP contribution in [0.3, 0.4) is 0 Å². The molecule has 0 saturated carbocycles. The van der Waals surface area contributed by atoms with Crippen molar-refractivity contribution in [2.45, 2.75) is 18.9 Å². The third-order valence-corrected chi connectivity index (χ3v) is 4.69. The molecule has 2 amide bonds. The topological polar surface area (TPSA) is 78.4 Å². The SMILES string of the molecule is O=C(CN1CCSC1=O)NC1CCCN(c2ncccn2)C1. The fraction of sp³-hybridized carbons (Fsp3) is 0.571. The van der Waals surface area contributed by atoms with E-state index in [2.05, 4.69) is 20.2 Å². The van der Waals surface area contributed by atoms with Crippen molar-refractivity contribution in [3.05, 3.63) is 18.5 Å². The minimum absolute atomic E-state index is 0.00175. The number of nitrogens with zero attached hydrogens (tertiary/aromatic N) is 4. The molecular formula is C14H19N5O2S. The maximum atomic E-state index is 12.1. The highest BCUT2D eigenvalue weighted by molar-refractivity contribution is 8.13. The molecule has 1 atom stereocenters. The van der Waals surface area contributed by atoms with E-state index in [9.17, 15) is 9.59 Å². The highest BCUT2D eigenvalue weighted by Crippen LogP contribution is 2.17. The van der Waals surface area contributed by atoms with Crippen LogP contribution in [0.25, 0.3) is 0 Å². The molecule has 2 fully saturated rings. The summed E-state index contributed by atoms with van der Waals surface area (Å²) < 4.78 is 0. The number of carbonyl (C=O) groups is 2. The molecule has 2 saturated heterocycles. The van der Waals surface area contributed by atoms with Crippen LogP contribution in [0.4, 0.5) is 10.7 Å². The summed E-state index contributed by atoms with van der Waals surface area (Å²) in [5, 5.41) is 3.02. The number of nitrogens with one attached hydrogen (secondary N) is 1. The second kappa shape index (κ2) is 6.95. The predicted molar refractivity (Wildman–Crippen MR) is 84.8 cm³/mol. The van der Waals surface area contributed by atoms with Crippen LogP contribution in [0, 0.1) is 0 Å². The van der Waals surface area contributed by atoms with E-state index in [0.29, 0.717) is 19.0 Å². The average Bonchev–Trinajstić information content (AvgIpc) is 2.93. The summed E-state index contributed by atoms with van der Waals surface area (Å²) in [6.07, 6.45) is 5.38. The van der Waals surface area contributed by atoms with Gasteiger partial charge in [-0.25, -0.2) is 9.97 Å². The van der Waals surface area contributed by atoms with E-state index in [4.69, 9.17) is 0 Å². The molecule has 3 heterocycles. The van der Waals surface area contributed by atoms with Crippen LogP contribution in [0.15, 0.2) is 18.5 Å². The van der Waals surface area contributed by atoms with Gasteiger partial charge in [-0.15, -0.1) is 0 Å². The summed E-state index contributed by atoms with van der Waals surface area (Å²) in [4.78, 5) is 35.8. The zero-order valence-corrected chi connectivity index (χ0v) is 13.1. The standard InChI is InChI=1S/C14H19N5O2S/c20-12(10-19-7-8-22-14(19)21)17-11-3-1-6-18(9-11)13-15-4-2-5-16-13/h2,4-5,11H,1,3,6-10H2,(H,17,20). The Morgan fingerprint density at radius 3 is 2.91 bits per heavy atom. The van der Waals surface area contributed by atoms with E-state index in [0.717, 1.165) is 25.1 Å². The van der Waals surface area contributed by atoms with Crippen molar-refractivity contribution < 1.29 is 9.59 Å². The third kappa shape index (κ3) is 3.68. The van der Waals surface area contributed by atoms with Crippen LogP contribution in [0.2, 0.25) is 0 Å². The summed E-state index contributed by atoms with van der Waals surface area (Å²) >= 11 is 1.27. The van der Waals surface area contributed by atoms with E-state index >= 15 is 0 Å². The Balaban J connectivity index is 1.52. The maximum absolute atomic E-state index is 12.1. The van der Waals surface area contributed by atoms with E-state index in [1.54, 1.807) is 23.4 Å². The molecule has 118 valence electrons. The Hall–Kier alpha value is -1.83. The van der Waals surface area contributed by atoms with Crippen LogP contribution in [-0.4, -0.2) is 64.0 Å². The zero-order valence-electron chi connectivity index (χ0n) is 12.3. The van der Waals surface area contributed by atoms with Gasteiger partial charge in [-0.3, -0.25) is 9.59 Å². The van der Waals surface area contributed by atoms with E-state index in [1.165, 1.54) is 11.8 Å². The summed E-state index contributed by atoms with van der Waals surface area (Å²) in [5.74, 6) is 1.39. The average molecular weight is 321 g/mol. The first kappa shape index (κ1) is 15.1. The first-order chi connectivity index (χ1) is 10.7. The predicted octanol–water partition coefficient (Wildman–Crippen LogP) is 0.730. The van der Waals surface area contributed by atoms with Gasteiger partial charge in [0.15, 0.2) is 0 Å². The van der Waals surface area contributed by atoms with Crippen LogP contribution in [0.5, 0.6) is 0 Å². The molecule has 0 spiro atoms. The molecule has 0 bridgehead atoms. The van der Waals surface area contributed by atoms with E-state index in [1.807, 2.05) is 0 Å². The molecule has 8 heteroatoms. The first-order valence-electron chi connectivity index (χ1n) is 7.45. The molecule has 3 rings (SSSR count). The zero-order chi connectivity index (χ0) is 15.4. The lowest BCUT2D eigenvalue weighted by Crippen LogP contribution is -2.50. The van der Waals surface area contributed by atoms with Gasteiger partial charge in [-0.1, -0.05) is 11.8 Å². The monoisotopic (exact) mass is 321 g/mol. The first-order valence-corrected chi connectivity index (χ1v) is 8.44. The molecule has 2 aliphatic heterocycles. The van der Waals surface area contributed by atoms with Gasteiger partial charge in [-0.2, -0.15) is 0 Å². The molecule has 2 aliphatic rings. The third-order valence-electron chi connectivity index (χ3n) is 3.80. The molecule has 0 radical (unpaired) electrons. The summed E-state index contributed by atoms with van der Waals surface area (Å²) in [6, 6.07) is 1.87.